The first-order valence-electron chi connectivity index (χ1n) is 9.45. The van der Waals surface area contributed by atoms with Gasteiger partial charge < -0.3 is 19.4 Å². The van der Waals surface area contributed by atoms with E-state index in [1.807, 2.05) is 50.2 Å². The van der Waals surface area contributed by atoms with Gasteiger partial charge in [-0.15, -0.1) is 0 Å². The molecule has 0 bridgehead atoms. The maximum Gasteiger partial charge on any atom is 0.240 e. The average Bonchev–Trinajstić information content (AvgIpc) is 3.24. The van der Waals surface area contributed by atoms with Crippen LogP contribution in [0.25, 0.3) is 11.0 Å². The Hall–Kier alpha value is -3.07. The van der Waals surface area contributed by atoms with Crippen LogP contribution < -0.4 is 14.8 Å². The number of hydrogen-bond acceptors (Lipinski definition) is 6. The Labute approximate surface area is 174 Å². The predicted octanol–water partition coefficient (Wildman–Crippen LogP) is 2.36. The molecule has 4 rings (SSSR count). The van der Waals surface area contributed by atoms with Crippen molar-refractivity contribution in [2.45, 2.75) is 31.7 Å². The fourth-order valence-corrected chi connectivity index (χ4v) is 4.23. The molecule has 8 nitrogen and oxygen atoms in total. The summed E-state index contributed by atoms with van der Waals surface area (Å²) in [6.45, 7) is 3.93. The molecule has 0 spiro atoms. The molecule has 0 aliphatic carbocycles. The van der Waals surface area contributed by atoms with Crippen molar-refractivity contribution >= 4 is 26.8 Å². The number of benzene rings is 2. The summed E-state index contributed by atoms with van der Waals surface area (Å²) in [5.41, 5.74) is 1.56. The minimum Gasteiger partial charge on any atom is -0.454 e. The molecule has 9 heteroatoms. The SMILES string of the molecule is CC(C)(NC(=O)Cn1c(CS(C)(=O)=O)nc2ccccc21)c1ccc2c(c1)OCO2. The minimum absolute atomic E-state index is 0.0423. The van der Waals surface area contributed by atoms with Crippen LogP contribution in [0.1, 0.15) is 25.2 Å². The van der Waals surface area contributed by atoms with Crippen molar-refractivity contribution in [2.24, 2.45) is 0 Å². The van der Waals surface area contributed by atoms with E-state index in [9.17, 15) is 13.2 Å². The summed E-state index contributed by atoms with van der Waals surface area (Å²) in [5.74, 6) is 1.17. The van der Waals surface area contributed by atoms with Gasteiger partial charge in [0.2, 0.25) is 12.7 Å². The monoisotopic (exact) mass is 429 g/mol. The summed E-state index contributed by atoms with van der Waals surface area (Å²) >= 11 is 0. The van der Waals surface area contributed by atoms with Crippen molar-refractivity contribution in [1.29, 1.82) is 0 Å². The first-order chi connectivity index (χ1) is 14.1. The predicted molar refractivity (Wildman–Crippen MR) is 112 cm³/mol. The number of carbonyl (C=O) groups is 1. The zero-order chi connectivity index (χ0) is 21.5. The second kappa shape index (κ2) is 7.32. The number of aromatic nitrogens is 2. The molecule has 1 aliphatic rings. The number of imidazole rings is 1. The Kier molecular flexibility index (Phi) is 4.93. The van der Waals surface area contributed by atoms with E-state index in [2.05, 4.69) is 10.3 Å². The van der Waals surface area contributed by atoms with E-state index in [0.29, 0.717) is 28.4 Å². The fourth-order valence-electron chi connectivity index (χ4n) is 3.54. The number of ether oxygens (including phenoxy) is 2. The van der Waals surface area contributed by atoms with E-state index in [0.717, 1.165) is 11.8 Å². The van der Waals surface area contributed by atoms with Crippen LogP contribution in [0.4, 0.5) is 0 Å². The van der Waals surface area contributed by atoms with Crippen molar-refractivity contribution in [1.82, 2.24) is 14.9 Å². The van der Waals surface area contributed by atoms with Crippen LogP contribution in [-0.2, 0) is 32.5 Å². The van der Waals surface area contributed by atoms with Crippen molar-refractivity contribution in [3.63, 3.8) is 0 Å². The topological polar surface area (TPSA) is 99.5 Å². The Morgan fingerprint density at radius 2 is 1.90 bits per heavy atom. The number of rotatable bonds is 6. The Bertz CT molecular complexity index is 1230. The number of amides is 1. The molecule has 0 unspecified atom stereocenters. The molecule has 0 radical (unpaired) electrons. The van der Waals surface area contributed by atoms with Crippen LogP contribution in [0.2, 0.25) is 0 Å². The van der Waals surface area contributed by atoms with E-state index >= 15 is 0 Å². The van der Waals surface area contributed by atoms with Gasteiger partial charge in [-0.1, -0.05) is 18.2 Å². The number of nitrogens with one attached hydrogen (secondary N) is 1. The van der Waals surface area contributed by atoms with E-state index in [4.69, 9.17) is 9.47 Å². The second-order valence-corrected chi connectivity index (χ2v) is 10.1. The van der Waals surface area contributed by atoms with Gasteiger partial charge in [-0.3, -0.25) is 4.79 Å². The van der Waals surface area contributed by atoms with Crippen LogP contribution in [-0.4, -0.2) is 36.9 Å². The van der Waals surface area contributed by atoms with E-state index in [-0.39, 0.29) is 25.0 Å². The zero-order valence-corrected chi connectivity index (χ0v) is 17.8. The van der Waals surface area contributed by atoms with Gasteiger partial charge >= 0.3 is 0 Å². The van der Waals surface area contributed by atoms with Crippen LogP contribution >= 0.6 is 0 Å². The van der Waals surface area contributed by atoms with E-state index in [1.165, 1.54) is 0 Å². The van der Waals surface area contributed by atoms with E-state index < -0.39 is 15.4 Å². The molecule has 0 atom stereocenters. The van der Waals surface area contributed by atoms with Crippen molar-refractivity contribution < 1.29 is 22.7 Å². The number of para-hydroxylation sites is 2. The third-order valence-electron chi connectivity index (χ3n) is 4.97. The highest BCUT2D eigenvalue weighted by Gasteiger charge is 2.26. The fraction of sp³-hybridized carbons (Fsp3) is 0.333. The summed E-state index contributed by atoms with van der Waals surface area (Å²) in [4.78, 5) is 17.3. The standard InChI is InChI=1S/C21H23N3O5S/c1-21(2,14-8-9-17-18(10-14)29-13-28-17)23-20(25)11-24-16-7-5-4-6-15(16)22-19(24)12-30(3,26)27/h4-10H,11-13H2,1-3H3,(H,23,25). The van der Waals surface area contributed by atoms with Gasteiger partial charge in [0.25, 0.3) is 0 Å². The average molecular weight is 429 g/mol. The van der Waals surface area contributed by atoms with Gasteiger partial charge in [0.15, 0.2) is 21.3 Å². The highest BCUT2D eigenvalue weighted by Crippen LogP contribution is 2.35. The Balaban J connectivity index is 1.59. The zero-order valence-electron chi connectivity index (χ0n) is 17.0. The summed E-state index contributed by atoms with van der Waals surface area (Å²) < 4.78 is 36.1. The molecule has 158 valence electrons. The minimum atomic E-state index is -3.31. The number of fused-ring (bicyclic) bond motifs is 2. The molecule has 0 saturated carbocycles. The largest absolute Gasteiger partial charge is 0.454 e. The number of hydrogen-bond donors (Lipinski definition) is 1. The highest BCUT2D eigenvalue weighted by atomic mass is 32.2. The van der Waals surface area contributed by atoms with Gasteiger partial charge in [0.1, 0.15) is 18.1 Å². The van der Waals surface area contributed by atoms with Crippen LogP contribution in [0.5, 0.6) is 11.5 Å². The third-order valence-corrected chi connectivity index (χ3v) is 5.76. The molecule has 0 saturated heterocycles. The van der Waals surface area contributed by atoms with Crippen LogP contribution in [0, 0.1) is 0 Å². The molecule has 1 amide bonds. The molecule has 1 aromatic heterocycles. The molecule has 1 aliphatic heterocycles. The molecule has 3 aromatic rings. The lowest BCUT2D eigenvalue weighted by Crippen LogP contribution is -2.42. The molecule has 2 heterocycles. The lowest BCUT2D eigenvalue weighted by molar-refractivity contribution is -0.123. The maximum atomic E-state index is 12.9. The van der Waals surface area contributed by atoms with Crippen LogP contribution in [0.3, 0.4) is 0 Å². The lowest BCUT2D eigenvalue weighted by Gasteiger charge is -2.27. The van der Waals surface area contributed by atoms with Gasteiger partial charge in [-0.2, -0.15) is 0 Å². The van der Waals surface area contributed by atoms with Crippen molar-refractivity contribution in [3.8, 4) is 11.5 Å². The molecule has 1 N–H and O–H groups in total. The Morgan fingerprint density at radius 1 is 1.17 bits per heavy atom. The normalized spacial score (nSPS) is 13.6. The molecule has 30 heavy (non-hydrogen) atoms. The second-order valence-electron chi connectivity index (χ2n) is 7.91. The van der Waals surface area contributed by atoms with Gasteiger partial charge in [-0.25, -0.2) is 13.4 Å². The maximum absolute atomic E-state index is 12.9. The highest BCUT2D eigenvalue weighted by molar-refractivity contribution is 7.89. The molecule has 0 fully saturated rings. The lowest BCUT2D eigenvalue weighted by atomic mass is 9.94. The number of nitrogens with zero attached hydrogens (tertiary/aromatic N) is 2. The van der Waals surface area contributed by atoms with Gasteiger partial charge in [-0.05, 0) is 43.7 Å². The third kappa shape index (κ3) is 4.11. The first kappa shape index (κ1) is 20.2. The number of sulfone groups is 1. The Morgan fingerprint density at radius 3 is 2.67 bits per heavy atom. The summed E-state index contributed by atoms with van der Waals surface area (Å²) in [5, 5.41) is 3.02. The summed E-state index contributed by atoms with van der Waals surface area (Å²) in [6, 6.07) is 12.8. The van der Waals surface area contributed by atoms with Crippen molar-refractivity contribution in [3.05, 3.63) is 53.9 Å². The summed E-state index contributed by atoms with van der Waals surface area (Å²) in [7, 11) is -3.31. The number of carbonyl (C=O) groups excluding carboxylic acids is 1. The molecule has 2 aromatic carbocycles. The smallest absolute Gasteiger partial charge is 0.240 e. The van der Waals surface area contributed by atoms with Gasteiger partial charge in [0.05, 0.1) is 16.6 Å². The summed E-state index contributed by atoms with van der Waals surface area (Å²) in [6.07, 6.45) is 1.15. The van der Waals surface area contributed by atoms with E-state index in [1.54, 1.807) is 10.6 Å². The molecular weight excluding hydrogens is 406 g/mol. The van der Waals surface area contributed by atoms with Gasteiger partial charge in [0, 0.05) is 6.26 Å². The van der Waals surface area contributed by atoms with Crippen LogP contribution in [0.15, 0.2) is 42.5 Å². The van der Waals surface area contributed by atoms with Crippen molar-refractivity contribution in [2.75, 3.05) is 13.0 Å². The molecular formula is C21H23N3O5S. The quantitative estimate of drug-likeness (QED) is 0.646. The first-order valence-corrected chi connectivity index (χ1v) is 11.5.